The third-order valence-corrected chi connectivity index (χ3v) is 20.2. The van der Waals surface area contributed by atoms with Crippen LogP contribution >= 0.6 is 0 Å². The van der Waals surface area contributed by atoms with Crippen LogP contribution in [-0.2, 0) is 61.8 Å². The Hall–Kier alpha value is -2.93. The van der Waals surface area contributed by atoms with E-state index in [-0.39, 0.29) is 12.3 Å². The number of carboxylic acid groups (broad SMARTS) is 1. The summed E-state index contributed by atoms with van der Waals surface area (Å²) >= 11 is 0. The molecule has 28 atom stereocenters. The molecule has 5 aliphatic rings. The van der Waals surface area contributed by atoms with Gasteiger partial charge in [-0.2, -0.15) is 0 Å². The molecule has 5 saturated heterocycles. The smallest absolute Gasteiger partial charge is 0.364 e. The minimum absolute atomic E-state index is 0.171. The number of carboxylic acids is 1. The Labute approximate surface area is 610 Å². The summed E-state index contributed by atoms with van der Waals surface area (Å²) in [5, 5.41) is 203. The van der Waals surface area contributed by atoms with Crippen molar-refractivity contribution in [1.29, 1.82) is 0 Å². The maximum absolute atomic E-state index is 13.5. The van der Waals surface area contributed by atoms with Gasteiger partial charge in [0.05, 0.1) is 57.9 Å². The molecule has 5 heterocycles. The molecule has 104 heavy (non-hydrogen) atoms. The standard InChI is InChI=1S/C71H128N2O31/c1-4-6-8-10-12-14-16-18-19-21-23-25-27-29-31-33-50(83)73-42(43(80)32-30-28-26-24-22-20-17-15-13-11-9-7-5-2)40-95-67-58(90)57(89)61(49(39-78)99-67)100-68-59(91)63(55(87)47(37-76)97-68)102-66-51(72-41(3)79)62(54(86)46(36-75)96-66)101-69-60(92)65(56(88)48(38-77)98-69)104-71(70(93)94)34-44(81)52(84)64(103-71)53(85)45(82)35-74/h30,32,42-49,51-69,74-78,80-82,84-92H,4-29,31,33-40H2,1-3H3,(H,72,79)(H,73,83)(H,93,94)/b32-30+/t42-,43+,44?,45+,46?,47?,48?,49?,51?,52+,53+,54+,55-,56-,57+,58?,59?,60?,61+,62+,63-,64?,65-,66-,67+,68-,69-,71-/m0/s1. The third kappa shape index (κ3) is 27.8. The van der Waals surface area contributed by atoms with Crippen molar-refractivity contribution < 1.29 is 154 Å². The summed E-state index contributed by atoms with van der Waals surface area (Å²) in [5.41, 5.74) is 0. The van der Waals surface area contributed by atoms with Gasteiger partial charge in [0.25, 0.3) is 5.79 Å². The van der Waals surface area contributed by atoms with Crippen molar-refractivity contribution in [3.05, 3.63) is 12.2 Å². The number of unbranched alkanes of at least 4 members (excludes halogenated alkanes) is 25. The second kappa shape index (κ2) is 48.7. The molecule has 0 aromatic heterocycles. The quantitative estimate of drug-likeness (QED) is 0.0252. The van der Waals surface area contributed by atoms with Crippen molar-refractivity contribution in [3.8, 4) is 0 Å². The van der Waals surface area contributed by atoms with Crippen molar-refractivity contribution in [2.24, 2.45) is 0 Å². The van der Waals surface area contributed by atoms with E-state index in [2.05, 4.69) is 24.5 Å². The van der Waals surface area contributed by atoms with E-state index >= 15 is 0 Å². The van der Waals surface area contributed by atoms with Crippen LogP contribution in [0.2, 0.25) is 0 Å². The highest BCUT2D eigenvalue weighted by Gasteiger charge is 2.61. The predicted octanol–water partition coefficient (Wildman–Crippen LogP) is -1.19. The van der Waals surface area contributed by atoms with Crippen LogP contribution in [0.3, 0.4) is 0 Å². The first-order valence-corrected chi connectivity index (χ1v) is 38.1. The molecule has 5 aliphatic heterocycles. The molecule has 10 unspecified atom stereocenters. The Bertz CT molecular complexity index is 2380. The first kappa shape index (κ1) is 91.7. The maximum atomic E-state index is 13.5. The molecule has 0 aromatic rings. The lowest BCUT2D eigenvalue weighted by molar-refractivity contribution is -0.392. The van der Waals surface area contributed by atoms with E-state index in [9.17, 15) is 106 Å². The minimum atomic E-state index is -3.21. The number of hydrogen-bond acceptors (Lipinski definition) is 30. The van der Waals surface area contributed by atoms with Crippen molar-refractivity contribution in [2.75, 3.05) is 39.6 Å². The number of nitrogens with one attached hydrogen (secondary N) is 2. The molecular weight excluding hydrogens is 1380 g/mol. The van der Waals surface area contributed by atoms with Gasteiger partial charge in [0.1, 0.15) is 122 Å². The van der Waals surface area contributed by atoms with Crippen LogP contribution in [0.25, 0.3) is 0 Å². The molecule has 0 aromatic carbocycles. The molecular formula is C71H128N2O31. The zero-order valence-corrected chi connectivity index (χ0v) is 60.8. The molecule has 0 spiro atoms. The molecule has 2 amide bonds. The lowest BCUT2D eigenvalue weighted by Gasteiger charge is -2.51. The van der Waals surface area contributed by atoms with Crippen molar-refractivity contribution >= 4 is 17.8 Å². The van der Waals surface area contributed by atoms with E-state index in [1.165, 1.54) is 109 Å². The SMILES string of the molecule is CCCCCCCCCCCCC/C=C/[C@@H](O)[C@H](CO[C@@H]1OC(CO)[C@@H](O[C@@H]2OC(CO)[C@H](O)[C@H](O[C@@H]3OC(CO)[C@@H](O)[C@H](O[C@@H]4OC(CO)[C@H](O)[C@H](O[C@]5(C(=O)O)CC(O)[C@@H](O)C([C@H](O)[C@H](O)CO)O5)C4O)C3NC(C)=O)C2O)[C@H](O)C1O)NC(=O)CCCCCCCCCCCCCCCCC. The lowest BCUT2D eigenvalue weighted by atomic mass is 9.90. The van der Waals surface area contributed by atoms with Crippen LogP contribution < -0.4 is 10.6 Å². The summed E-state index contributed by atoms with van der Waals surface area (Å²) in [6.07, 6.45) is -17.4. The van der Waals surface area contributed by atoms with Gasteiger partial charge in [-0.1, -0.05) is 180 Å². The van der Waals surface area contributed by atoms with E-state index in [0.717, 1.165) is 58.3 Å². The average molecular weight is 1510 g/mol. The summed E-state index contributed by atoms with van der Waals surface area (Å²) in [4.78, 5) is 39.5. The van der Waals surface area contributed by atoms with Crippen LogP contribution in [0.15, 0.2) is 12.2 Å². The first-order chi connectivity index (χ1) is 49.9. The Morgan fingerprint density at radius 2 is 0.933 bits per heavy atom. The Morgan fingerprint density at radius 1 is 0.500 bits per heavy atom. The summed E-state index contributed by atoms with van der Waals surface area (Å²) in [7, 11) is 0. The van der Waals surface area contributed by atoms with Gasteiger partial charge in [0.15, 0.2) is 25.2 Å². The lowest BCUT2D eigenvalue weighted by Crippen LogP contribution is -2.71. The van der Waals surface area contributed by atoms with Crippen molar-refractivity contribution in [1.82, 2.24) is 10.6 Å². The Morgan fingerprint density at radius 3 is 1.41 bits per heavy atom. The number of aliphatic hydroxyl groups is 17. The van der Waals surface area contributed by atoms with Gasteiger partial charge in [-0.15, -0.1) is 0 Å². The number of carbonyl (C=O) groups is 3. The number of allylic oxidation sites excluding steroid dienone is 1. The fraction of sp³-hybridized carbons (Fsp3) is 0.930. The topological polar surface area (TPSA) is 532 Å². The monoisotopic (exact) mass is 1500 g/mol. The van der Waals surface area contributed by atoms with Gasteiger partial charge in [-0.05, 0) is 19.3 Å². The number of rotatable bonds is 51. The predicted molar refractivity (Wildman–Crippen MR) is 367 cm³/mol. The Balaban J connectivity index is 1.27. The second-order valence-corrected chi connectivity index (χ2v) is 28.5. The Kier molecular flexibility index (Phi) is 42.9. The molecule has 33 nitrogen and oxygen atoms in total. The highest BCUT2D eigenvalue weighted by atomic mass is 16.8. The van der Waals surface area contributed by atoms with E-state index in [1.54, 1.807) is 6.08 Å². The molecule has 20 N–H and O–H groups in total. The molecule has 5 fully saturated rings. The zero-order valence-electron chi connectivity index (χ0n) is 60.8. The normalized spacial score (nSPS) is 35.3. The summed E-state index contributed by atoms with van der Waals surface area (Å²) in [6.45, 7) is -0.385. The molecule has 33 heteroatoms. The van der Waals surface area contributed by atoms with E-state index in [4.69, 9.17) is 47.4 Å². The van der Waals surface area contributed by atoms with E-state index < -0.39 is 229 Å². The molecule has 5 rings (SSSR count). The number of aliphatic hydroxyl groups excluding tert-OH is 17. The fourth-order valence-corrected chi connectivity index (χ4v) is 13.9. The summed E-state index contributed by atoms with van der Waals surface area (Å²) in [5.74, 6) is -6.57. The number of aliphatic carboxylic acids is 1. The third-order valence-electron chi connectivity index (χ3n) is 20.2. The first-order valence-electron chi connectivity index (χ1n) is 38.1. The van der Waals surface area contributed by atoms with Crippen molar-refractivity contribution in [2.45, 2.75) is 378 Å². The van der Waals surface area contributed by atoms with E-state index in [0.29, 0.717) is 12.8 Å². The van der Waals surface area contributed by atoms with Gasteiger partial charge in [0.2, 0.25) is 11.8 Å². The fourth-order valence-electron chi connectivity index (χ4n) is 13.9. The van der Waals surface area contributed by atoms with E-state index in [1.807, 2.05) is 6.08 Å². The minimum Gasteiger partial charge on any atom is -0.477 e. The molecule has 0 bridgehead atoms. The molecule has 0 radical (unpaired) electrons. The number of ether oxygens (including phenoxy) is 10. The van der Waals surface area contributed by atoms with Gasteiger partial charge in [-0.3, -0.25) is 9.59 Å². The van der Waals surface area contributed by atoms with Crippen LogP contribution in [0.1, 0.15) is 207 Å². The molecule has 0 aliphatic carbocycles. The number of amides is 2. The average Bonchev–Trinajstić information content (AvgIpc) is 0.763. The van der Waals surface area contributed by atoms with Crippen LogP contribution in [-0.4, -0.2) is 321 Å². The van der Waals surface area contributed by atoms with Gasteiger partial charge in [-0.25, -0.2) is 4.79 Å². The van der Waals surface area contributed by atoms with Gasteiger partial charge >= 0.3 is 5.97 Å². The molecule has 608 valence electrons. The zero-order chi connectivity index (χ0) is 76.5. The van der Waals surface area contributed by atoms with Gasteiger partial charge < -0.3 is 150 Å². The summed E-state index contributed by atoms with van der Waals surface area (Å²) in [6, 6.07) is -2.97. The summed E-state index contributed by atoms with van der Waals surface area (Å²) < 4.78 is 58.5. The molecule has 0 saturated carbocycles. The highest BCUT2D eigenvalue weighted by molar-refractivity contribution is 5.76. The number of carbonyl (C=O) groups excluding carboxylic acids is 2. The highest BCUT2D eigenvalue weighted by Crippen LogP contribution is 2.40. The van der Waals surface area contributed by atoms with Crippen LogP contribution in [0, 0.1) is 0 Å². The van der Waals surface area contributed by atoms with Crippen LogP contribution in [0.5, 0.6) is 0 Å². The largest absolute Gasteiger partial charge is 0.477 e. The second-order valence-electron chi connectivity index (χ2n) is 28.5. The van der Waals surface area contributed by atoms with Crippen LogP contribution in [0.4, 0.5) is 0 Å². The number of hydrogen-bond donors (Lipinski definition) is 20. The maximum Gasteiger partial charge on any atom is 0.364 e. The van der Waals surface area contributed by atoms with Gasteiger partial charge in [0, 0.05) is 19.8 Å². The van der Waals surface area contributed by atoms with Crippen molar-refractivity contribution in [3.63, 3.8) is 0 Å².